The molecule has 0 N–H and O–H groups in total. The molecule has 3 heterocycles. The van der Waals surface area contributed by atoms with Gasteiger partial charge in [0, 0.05) is 24.7 Å². The van der Waals surface area contributed by atoms with E-state index in [2.05, 4.69) is 4.98 Å². The Hall–Kier alpha value is -4.07. The van der Waals surface area contributed by atoms with Gasteiger partial charge < -0.3 is 23.5 Å². The SMILES string of the molecule is COc1ccc2cccc(OCCN3CCn4c(ccc(-n5cnc(C)c5)c4=O)C3=O)c2c1. The molecule has 1 aliphatic heterocycles. The van der Waals surface area contributed by atoms with Crippen LogP contribution in [0.1, 0.15) is 16.2 Å². The molecule has 0 fully saturated rings. The van der Waals surface area contributed by atoms with Crippen molar-refractivity contribution in [1.82, 2.24) is 19.0 Å². The highest BCUT2D eigenvalue weighted by Gasteiger charge is 2.26. The minimum absolute atomic E-state index is 0.171. The Morgan fingerprint density at radius 2 is 1.94 bits per heavy atom. The molecule has 5 rings (SSSR count). The van der Waals surface area contributed by atoms with Crippen LogP contribution in [0.5, 0.6) is 11.5 Å². The third-order valence-electron chi connectivity index (χ3n) is 5.91. The van der Waals surface area contributed by atoms with Crippen LogP contribution in [0.25, 0.3) is 16.5 Å². The number of carbonyl (C=O) groups excluding carboxylic acids is 1. The molecule has 8 nitrogen and oxygen atoms in total. The predicted octanol–water partition coefficient (Wildman–Crippen LogP) is 3.04. The second-order valence-electron chi connectivity index (χ2n) is 7.97. The predicted molar refractivity (Wildman–Crippen MR) is 124 cm³/mol. The third-order valence-corrected chi connectivity index (χ3v) is 5.91. The fourth-order valence-corrected chi connectivity index (χ4v) is 4.16. The number of rotatable bonds is 6. The van der Waals surface area contributed by atoms with Gasteiger partial charge in [-0.15, -0.1) is 0 Å². The summed E-state index contributed by atoms with van der Waals surface area (Å²) >= 11 is 0. The van der Waals surface area contributed by atoms with Crippen molar-refractivity contribution in [3.05, 3.63) is 82.8 Å². The fraction of sp³-hybridized carbons (Fsp3) is 0.240. The number of imidazole rings is 1. The van der Waals surface area contributed by atoms with Crippen molar-refractivity contribution < 1.29 is 14.3 Å². The Morgan fingerprint density at radius 1 is 1.06 bits per heavy atom. The molecular formula is C25H24N4O4. The molecule has 0 radical (unpaired) electrons. The summed E-state index contributed by atoms with van der Waals surface area (Å²) in [6, 6.07) is 15.1. The molecular weight excluding hydrogens is 420 g/mol. The molecule has 0 unspecified atom stereocenters. The van der Waals surface area contributed by atoms with Crippen LogP contribution in [0.3, 0.4) is 0 Å². The number of amides is 1. The Labute approximate surface area is 190 Å². The van der Waals surface area contributed by atoms with E-state index in [4.69, 9.17) is 9.47 Å². The molecule has 4 aromatic rings. The number of carbonyl (C=O) groups is 1. The second kappa shape index (κ2) is 8.46. The average Bonchev–Trinajstić information content (AvgIpc) is 3.26. The van der Waals surface area contributed by atoms with Crippen molar-refractivity contribution in [2.45, 2.75) is 13.5 Å². The summed E-state index contributed by atoms with van der Waals surface area (Å²) < 4.78 is 14.6. The summed E-state index contributed by atoms with van der Waals surface area (Å²) in [7, 11) is 1.63. The van der Waals surface area contributed by atoms with E-state index in [-0.39, 0.29) is 11.5 Å². The fourth-order valence-electron chi connectivity index (χ4n) is 4.16. The van der Waals surface area contributed by atoms with Gasteiger partial charge in [-0.05, 0) is 42.6 Å². The second-order valence-corrected chi connectivity index (χ2v) is 7.97. The molecule has 168 valence electrons. The van der Waals surface area contributed by atoms with E-state index < -0.39 is 0 Å². The number of aryl methyl sites for hydroxylation is 1. The highest BCUT2D eigenvalue weighted by molar-refractivity contribution is 5.93. The summed E-state index contributed by atoms with van der Waals surface area (Å²) in [5, 5.41) is 2.01. The maximum atomic E-state index is 13.0. The topological polar surface area (TPSA) is 78.6 Å². The van der Waals surface area contributed by atoms with Gasteiger partial charge in [0.15, 0.2) is 0 Å². The van der Waals surface area contributed by atoms with E-state index in [0.29, 0.717) is 37.6 Å². The molecule has 0 saturated carbocycles. The van der Waals surface area contributed by atoms with E-state index in [1.54, 1.807) is 45.8 Å². The van der Waals surface area contributed by atoms with Crippen molar-refractivity contribution >= 4 is 16.7 Å². The number of fused-ring (bicyclic) bond motifs is 2. The average molecular weight is 444 g/mol. The minimum Gasteiger partial charge on any atom is -0.497 e. The molecule has 1 aliphatic rings. The van der Waals surface area contributed by atoms with Crippen LogP contribution in [-0.2, 0) is 6.54 Å². The van der Waals surface area contributed by atoms with Crippen LogP contribution in [-0.4, -0.2) is 51.7 Å². The van der Waals surface area contributed by atoms with Gasteiger partial charge in [-0.2, -0.15) is 0 Å². The van der Waals surface area contributed by atoms with Gasteiger partial charge in [0.05, 0.1) is 25.7 Å². The van der Waals surface area contributed by atoms with Gasteiger partial charge in [-0.1, -0.05) is 18.2 Å². The molecule has 33 heavy (non-hydrogen) atoms. The maximum absolute atomic E-state index is 13.0. The van der Waals surface area contributed by atoms with Gasteiger partial charge in [-0.25, -0.2) is 4.98 Å². The van der Waals surface area contributed by atoms with Gasteiger partial charge in [0.2, 0.25) is 0 Å². The van der Waals surface area contributed by atoms with Crippen molar-refractivity contribution in [2.75, 3.05) is 26.8 Å². The van der Waals surface area contributed by atoms with E-state index in [1.165, 1.54) is 0 Å². The zero-order valence-corrected chi connectivity index (χ0v) is 18.5. The van der Waals surface area contributed by atoms with Crippen molar-refractivity contribution in [2.24, 2.45) is 0 Å². The first kappa shape index (κ1) is 20.8. The van der Waals surface area contributed by atoms with E-state index in [0.717, 1.165) is 28.0 Å². The highest BCUT2D eigenvalue weighted by Crippen LogP contribution is 2.29. The van der Waals surface area contributed by atoms with E-state index in [9.17, 15) is 9.59 Å². The van der Waals surface area contributed by atoms with Crippen LogP contribution >= 0.6 is 0 Å². The number of pyridine rings is 1. The van der Waals surface area contributed by atoms with Gasteiger partial charge >= 0.3 is 0 Å². The monoisotopic (exact) mass is 444 g/mol. The minimum atomic E-state index is -0.196. The zero-order chi connectivity index (χ0) is 22.9. The number of hydrogen-bond acceptors (Lipinski definition) is 5. The molecule has 1 amide bonds. The van der Waals surface area contributed by atoms with Gasteiger partial charge in [-0.3, -0.25) is 9.59 Å². The van der Waals surface area contributed by atoms with Crippen molar-refractivity contribution in [3.63, 3.8) is 0 Å². The molecule has 0 aliphatic carbocycles. The molecule has 0 bridgehead atoms. The third kappa shape index (κ3) is 3.84. The lowest BCUT2D eigenvalue weighted by molar-refractivity contribution is 0.0673. The lowest BCUT2D eigenvalue weighted by atomic mass is 10.1. The summed E-state index contributed by atoms with van der Waals surface area (Å²) in [6.45, 7) is 3.52. The first-order chi connectivity index (χ1) is 16.0. The Bertz CT molecular complexity index is 1410. The zero-order valence-electron chi connectivity index (χ0n) is 18.5. The van der Waals surface area contributed by atoms with Crippen LogP contribution in [0.4, 0.5) is 0 Å². The number of aromatic nitrogens is 3. The molecule has 0 atom stereocenters. The van der Waals surface area contributed by atoms with Crippen LogP contribution < -0.4 is 15.0 Å². The number of benzene rings is 2. The van der Waals surface area contributed by atoms with Gasteiger partial charge in [0.1, 0.15) is 29.5 Å². The Kier molecular flexibility index (Phi) is 5.34. The normalized spacial score (nSPS) is 13.3. The lowest BCUT2D eigenvalue weighted by Crippen LogP contribution is -2.46. The van der Waals surface area contributed by atoms with Crippen LogP contribution in [0.2, 0.25) is 0 Å². The van der Waals surface area contributed by atoms with Crippen molar-refractivity contribution in [3.8, 4) is 17.2 Å². The number of hydrogen-bond donors (Lipinski definition) is 0. The number of ether oxygens (including phenoxy) is 2. The van der Waals surface area contributed by atoms with Crippen LogP contribution in [0, 0.1) is 6.92 Å². The van der Waals surface area contributed by atoms with E-state index >= 15 is 0 Å². The Morgan fingerprint density at radius 3 is 2.73 bits per heavy atom. The molecule has 8 heteroatoms. The standard InChI is InChI=1S/C25H24N4O4/c1-17-15-28(16-26-17)21-8-9-22-24(30)27(10-11-29(22)25(21)31)12-13-33-23-5-3-4-18-6-7-19(32-2)14-20(18)23/h3-9,14-16H,10-13H2,1-2H3. The summed E-state index contributed by atoms with van der Waals surface area (Å²) in [5.41, 5.74) is 1.50. The smallest absolute Gasteiger partial charge is 0.275 e. The maximum Gasteiger partial charge on any atom is 0.275 e. The summed E-state index contributed by atoms with van der Waals surface area (Å²) in [4.78, 5) is 31.9. The van der Waals surface area contributed by atoms with Gasteiger partial charge in [0.25, 0.3) is 11.5 Å². The van der Waals surface area contributed by atoms with E-state index in [1.807, 2.05) is 43.3 Å². The number of nitrogens with zero attached hydrogens (tertiary/aromatic N) is 4. The largest absolute Gasteiger partial charge is 0.497 e. The summed E-state index contributed by atoms with van der Waals surface area (Å²) in [6.07, 6.45) is 3.40. The van der Waals surface area contributed by atoms with Crippen LogP contribution in [0.15, 0.2) is 65.8 Å². The molecule has 0 saturated heterocycles. The molecule has 0 spiro atoms. The van der Waals surface area contributed by atoms with Crippen molar-refractivity contribution in [1.29, 1.82) is 0 Å². The summed E-state index contributed by atoms with van der Waals surface area (Å²) in [5.74, 6) is 1.33. The first-order valence-electron chi connectivity index (χ1n) is 10.8. The Balaban J connectivity index is 1.31. The quantitative estimate of drug-likeness (QED) is 0.457. The first-order valence-corrected chi connectivity index (χ1v) is 10.8. The molecule has 2 aromatic carbocycles. The molecule has 2 aromatic heterocycles. The highest BCUT2D eigenvalue weighted by atomic mass is 16.5. The number of methoxy groups -OCH3 is 1. The lowest BCUT2D eigenvalue weighted by Gasteiger charge is -2.29.